The van der Waals surface area contributed by atoms with Crippen LogP contribution in [0.2, 0.25) is 0 Å². The van der Waals surface area contributed by atoms with Crippen LogP contribution in [0.15, 0.2) is 72.8 Å². The molecule has 0 saturated carbocycles. The zero-order valence-electron chi connectivity index (χ0n) is 15.6. The third kappa shape index (κ3) is 5.21. The van der Waals surface area contributed by atoms with E-state index < -0.39 is 16.0 Å². The second-order valence-corrected chi connectivity index (χ2v) is 8.10. The van der Waals surface area contributed by atoms with E-state index in [1.165, 1.54) is 12.1 Å². The topological polar surface area (TPSA) is 96.3 Å². The van der Waals surface area contributed by atoms with Crippen molar-refractivity contribution in [1.29, 1.82) is 5.26 Å². The Morgan fingerprint density at radius 2 is 1.66 bits per heavy atom. The molecule has 0 radical (unpaired) electrons. The SMILES string of the molecule is CS(=O)(=O)Nc1ccccc1C(=O)OCc1ccc(-c2ccccc2C#N)cc1. The number of benzene rings is 3. The number of hydrogen-bond acceptors (Lipinski definition) is 5. The van der Waals surface area contributed by atoms with Crippen molar-refractivity contribution in [2.45, 2.75) is 6.61 Å². The molecule has 6 nitrogen and oxygen atoms in total. The maximum atomic E-state index is 12.4. The Morgan fingerprint density at radius 3 is 2.34 bits per heavy atom. The van der Waals surface area contributed by atoms with Gasteiger partial charge >= 0.3 is 5.97 Å². The van der Waals surface area contributed by atoms with Gasteiger partial charge in [-0.3, -0.25) is 4.72 Å². The van der Waals surface area contributed by atoms with Crippen LogP contribution in [-0.2, 0) is 21.4 Å². The minimum atomic E-state index is -3.52. The molecule has 0 spiro atoms. The highest BCUT2D eigenvalue weighted by Gasteiger charge is 2.15. The van der Waals surface area contributed by atoms with E-state index >= 15 is 0 Å². The van der Waals surface area contributed by atoms with E-state index in [0.29, 0.717) is 5.56 Å². The molecule has 1 N–H and O–H groups in total. The molecule has 0 aliphatic rings. The lowest BCUT2D eigenvalue weighted by Gasteiger charge is -2.11. The average Bonchev–Trinajstić information content (AvgIpc) is 2.71. The molecule has 0 atom stereocenters. The van der Waals surface area contributed by atoms with Crippen LogP contribution in [0.4, 0.5) is 5.69 Å². The monoisotopic (exact) mass is 406 g/mol. The first-order chi connectivity index (χ1) is 13.9. The number of nitrogens with zero attached hydrogens (tertiary/aromatic N) is 1. The van der Waals surface area contributed by atoms with Gasteiger partial charge in [0, 0.05) is 0 Å². The summed E-state index contributed by atoms with van der Waals surface area (Å²) in [6.45, 7) is 0.0339. The van der Waals surface area contributed by atoms with E-state index in [1.54, 1.807) is 18.2 Å². The second-order valence-electron chi connectivity index (χ2n) is 6.35. The van der Waals surface area contributed by atoms with Crippen LogP contribution in [0, 0.1) is 11.3 Å². The van der Waals surface area contributed by atoms with Crippen molar-refractivity contribution in [3.05, 3.63) is 89.5 Å². The van der Waals surface area contributed by atoms with Crippen molar-refractivity contribution in [3.63, 3.8) is 0 Å². The van der Waals surface area contributed by atoms with Crippen molar-refractivity contribution in [1.82, 2.24) is 0 Å². The number of carbonyl (C=O) groups is 1. The first kappa shape index (κ1) is 20.1. The molecule has 0 bridgehead atoms. The van der Waals surface area contributed by atoms with Gasteiger partial charge in [0.25, 0.3) is 0 Å². The smallest absolute Gasteiger partial charge is 0.340 e. The molecule has 0 fully saturated rings. The van der Waals surface area contributed by atoms with E-state index in [9.17, 15) is 18.5 Å². The van der Waals surface area contributed by atoms with E-state index in [2.05, 4.69) is 10.8 Å². The second kappa shape index (κ2) is 8.59. The standard InChI is InChI=1S/C22H18N2O4S/c1-29(26,27)24-21-9-5-4-8-20(21)22(25)28-15-16-10-12-17(13-11-16)19-7-3-2-6-18(19)14-23/h2-13,24H,15H2,1H3. The number of rotatable bonds is 6. The molecular formula is C22H18N2O4S. The lowest BCUT2D eigenvalue weighted by atomic mass is 9.99. The molecule has 7 heteroatoms. The van der Waals surface area contributed by atoms with Gasteiger partial charge in [-0.1, -0.05) is 54.6 Å². The highest BCUT2D eigenvalue weighted by Crippen LogP contribution is 2.24. The van der Waals surface area contributed by atoms with Crippen LogP contribution in [-0.4, -0.2) is 20.6 Å². The fourth-order valence-corrected chi connectivity index (χ4v) is 3.37. The summed E-state index contributed by atoms with van der Waals surface area (Å²) in [5.74, 6) is -0.629. The average molecular weight is 406 g/mol. The minimum absolute atomic E-state index is 0.0339. The van der Waals surface area contributed by atoms with Crippen LogP contribution in [0.1, 0.15) is 21.5 Å². The lowest BCUT2D eigenvalue weighted by Crippen LogP contribution is -2.14. The Balaban J connectivity index is 1.71. The van der Waals surface area contributed by atoms with Crippen LogP contribution in [0.3, 0.4) is 0 Å². The number of sulfonamides is 1. The van der Waals surface area contributed by atoms with Crippen molar-refractivity contribution in [2.75, 3.05) is 11.0 Å². The molecule has 0 unspecified atom stereocenters. The van der Waals surface area contributed by atoms with Crippen molar-refractivity contribution >= 4 is 21.7 Å². The van der Waals surface area contributed by atoms with Crippen LogP contribution >= 0.6 is 0 Å². The minimum Gasteiger partial charge on any atom is -0.457 e. The molecule has 0 aliphatic heterocycles. The van der Waals surface area contributed by atoms with E-state index in [0.717, 1.165) is 22.9 Å². The predicted octanol–water partition coefficient (Wildman–Crippen LogP) is 3.95. The molecule has 3 aromatic carbocycles. The van der Waals surface area contributed by atoms with Crippen LogP contribution in [0.25, 0.3) is 11.1 Å². The van der Waals surface area contributed by atoms with Crippen molar-refractivity contribution in [3.8, 4) is 17.2 Å². The Hall–Kier alpha value is -3.63. The van der Waals surface area contributed by atoms with Gasteiger partial charge in [0.05, 0.1) is 29.1 Å². The van der Waals surface area contributed by atoms with Crippen LogP contribution in [0.5, 0.6) is 0 Å². The normalized spacial score (nSPS) is 10.8. The van der Waals surface area contributed by atoms with Gasteiger partial charge in [0.15, 0.2) is 0 Å². The van der Waals surface area contributed by atoms with Gasteiger partial charge in [0.1, 0.15) is 6.61 Å². The van der Waals surface area contributed by atoms with Gasteiger partial charge in [-0.2, -0.15) is 5.26 Å². The number of ether oxygens (including phenoxy) is 1. The number of carbonyl (C=O) groups excluding carboxylic acids is 1. The lowest BCUT2D eigenvalue weighted by molar-refractivity contribution is 0.0474. The molecule has 29 heavy (non-hydrogen) atoms. The summed E-state index contributed by atoms with van der Waals surface area (Å²) in [5.41, 5.74) is 3.38. The maximum Gasteiger partial charge on any atom is 0.340 e. The molecule has 146 valence electrons. The van der Waals surface area contributed by atoms with Crippen molar-refractivity contribution in [2.24, 2.45) is 0 Å². The molecular weight excluding hydrogens is 388 g/mol. The highest BCUT2D eigenvalue weighted by molar-refractivity contribution is 7.92. The summed E-state index contributed by atoms with van der Waals surface area (Å²) in [4.78, 5) is 12.4. The summed E-state index contributed by atoms with van der Waals surface area (Å²) < 4.78 is 30.6. The molecule has 0 aromatic heterocycles. The number of para-hydroxylation sites is 1. The fraction of sp³-hybridized carbons (Fsp3) is 0.0909. The van der Waals surface area contributed by atoms with E-state index in [1.807, 2.05) is 42.5 Å². The zero-order chi connectivity index (χ0) is 20.9. The Kier molecular flexibility index (Phi) is 5.96. The quantitative estimate of drug-likeness (QED) is 0.625. The third-order valence-electron chi connectivity index (χ3n) is 4.12. The molecule has 3 rings (SSSR count). The first-order valence-corrected chi connectivity index (χ1v) is 10.6. The largest absolute Gasteiger partial charge is 0.457 e. The van der Waals surface area contributed by atoms with Crippen LogP contribution < -0.4 is 4.72 Å². The molecule has 0 saturated heterocycles. The number of nitriles is 1. The van der Waals surface area contributed by atoms with Gasteiger partial charge in [-0.25, -0.2) is 13.2 Å². The summed E-state index contributed by atoms with van der Waals surface area (Å²) >= 11 is 0. The van der Waals surface area contributed by atoms with Gasteiger partial charge < -0.3 is 4.74 Å². The van der Waals surface area contributed by atoms with Gasteiger partial charge in [0.2, 0.25) is 10.0 Å². The number of hydrogen-bond donors (Lipinski definition) is 1. The predicted molar refractivity (Wildman–Crippen MR) is 111 cm³/mol. The van der Waals surface area contributed by atoms with E-state index in [-0.39, 0.29) is 17.9 Å². The summed E-state index contributed by atoms with van der Waals surface area (Å²) in [6, 6.07) is 23.1. The molecule has 0 amide bonds. The molecule has 0 aliphatic carbocycles. The molecule has 0 heterocycles. The van der Waals surface area contributed by atoms with Crippen molar-refractivity contribution < 1.29 is 17.9 Å². The Bertz CT molecular complexity index is 1180. The van der Waals surface area contributed by atoms with Gasteiger partial charge in [-0.15, -0.1) is 0 Å². The summed E-state index contributed by atoms with van der Waals surface area (Å²) in [5, 5.41) is 9.23. The maximum absolute atomic E-state index is 12.4. The van der Waals surface area contributed by atoms with Gasteiger partial charge in [-0.05, 0) is 34.9 Å². The third-order valence-corrected chi connectivity index (χ3v) is 4.72. The summed E-state index contributed by atoms with van der Waals surface area (Å²) in [6.07, 6.45) is 1.02. The highest BCUT2D eigenvalue weighted by atomic mass is 32.2. The zero-order valence-corrected chi connectivity index (χ0v) is 16.4. The fourth-order valence-electron chi connectivity index (χ4n) is 2.79. The number of anilines is 1. The first-order valence-electron chi connectivity index (χ1n) is 8.70. The Labute approximate surface area is 169 Å². The Morgan fingerprint density at radius 1 is 1.00 bits per heavy atom. The number of nitrogens with one attached hydrogen (secondary N) is 1. The molecule has 3 aromatic rings. The number of esters is 1. The summed E-state index contributed by atoms with van der Waals surface area (Å²) in [7, 11) is -3.52. The van der Waals surface area contributed by atoms with E-state index in [4.69, 9.17) is 4.74 Å².